The van der Waals surface area contributed by atoms with Crippen molar-refractivity contribution in [1.82, 2.24) is 0 Å². The second kappa shape index (κ2) is 2.46. The van der Waals surface area contributed by atoms with Gasteiger partial charge in [0.2, 0.25) is 0 Å². The molecular weight excluding hydrogens is 168 g/mol. The minimum atomic E-state index is 0.632. The minimum Gasteiger partial charge on any atom is -0.0654 e. The van der Waals surface area contributed by atoms with Crippen molar-refractivity contribution in [2.75, 3.05) is 0 Å². The van der Waals surface area contributed by atoms with Gasteiger partial charge in [-0.15, -0.1) is 0 Å². The van der Waals surface area contributed by atoms with Crippen LogP contribution in [0.5, 0.6) is 0 Å². The molecule has 0 radical (unpaired) electrons. The molecule has 1 saturated carbocycles. The largest absolute Gasteiger partial charge is 0.0654 e. The molecule has 0 N–H and O–H groups in total. The molecule has 0 aliphatic heterocycles. The molecule has 0 amide bonds. The quantitative estimate of drug-likeness (QED) is 0.569. The van der Waals surface area contributed by atoms with Crippen LogP contribution in [0.25, 0.3) is 0 Å². The van der Waals surface area contributed by atoms with Crippen LogP contribution in [0, 0.1) is 16.7 Å². The number of fused-ring (bicyclic) bond motifs is 4. The summed E-state index contributed by atoms with van der Waals surface area (Å²) in [5.74, 6) is 1.00. The third kappa shape index (κ3) is 0.857. The molecule has 0 spiro atoms. The molecule has 2 bridgehead atoms. The van der Waals surface area contributed by atoms with Gasteiger partial charge in [-0.05, 0) is 48.9 Å². The summed E-state index contributed by atoms with van der Waals surface area (Å²) < 4.78 is 0. The van der Waals surface area contributed by atoms with Crippen molar-refractivity contribution in [2.45, 2.75) is 59.3 Å². The molecule has 0 saturated heterocycles. The van der Waals surface area contributed by atoms with Gasteiger partial charge in [0.05, 0.1) is 0 Å². The molecule has 0 aromatic heterocycles. The van der Waals surface area contributed by atoms with E-state index in [1.54, 1.807) is 0 Å². The summed E-state index contributed by atoms with van der Waals surface area (Å²) in [6, 6.07) is 0. The zero-order valence-electron chi connectivity index (χ0n) is 9.82. The van der Waals surface area contributed by atoms with Gasteiger partial charge in [0.25, 0.3) is 0 Å². The van der Waals surface area contributed by atoms with Crippen molar-refractivity contribution in [3.63, 3.8) is 0 Å². The van der Waals surface area contributed by atoms with Gasteiger partial charge >= 0.3 is 0 Å². The van der Waals surface area contributed by atoms with E-state index >= 15 is 0 Å². The molecular formula is C14H22. The van der Waals surface area contributed by atoms with Crippen molar-refractivity contribution in [1.29, 1.82) is 0 Å². The van der Waals surface area contributed by atoms with Crippen LogP contribution >= 0.6 is 0 Å². The van der Waals surface area contributed by atoms with Crippen LogP contribution in [0.1, 0.15) is 59.3 Å². The SMILES string of the molecule is CCCC1(C)CC2=C1C1CCC2(C)C1. The first-order valence-corrected chi connectivity index (χ1v) is 6.33. The Balaban J connectivity index is 1.95. The number of hydrogen-bond acceptors (Lipinski definition) is 0. The standard InChI is InChI=1S/C14H22/c1-4-6-14(3)9-11-12(14)10-5-7-13(11,2)8-10/h10H,4-9H2,1-3H3. The van der Waals surface area contributed by atoms with Crippen LogP contribution in [0.15, 0.2) is 11.1 Å². The van der Waals surface area contributed by atoms with Crippen molar-refractivity contribution in [3.05, 3.63) is 11.1 Å². The maximum Gasteiger partial charge on any atom is -0.00734 e. The third-order valence-corrected chi connectivity index (χ3v) is 5.22. The Bertz CT molecular complexity index is 312. The zero-order chi connectivity index (χ0) is 9.97. The second-order valence-corrected chi connectivity index (χ2v) is 6.38. The maximum atomic E-state index is 2.51. The normalized spacial score (nSPS) is 49.5. The highest BCUT2D eigenvalue weighted by Gasteiger charge is 2.58. The molecule has 3 aliphatic carbocycles. The average Bonchev–Trinajstić information content (AvgIpc) is 2.55. The predicted octanol–water partition coefficient (Wildman–Crippen LogP) is 4.31. The van der Waals surface area contributed by atoms with E-state index in [9.17, 15) is 0 Å². The molecule has 3 rings (SSSR count). The van der Waals surface area contributed by atoms with E-state index in [0.29, 0.717) is 10.8 Å². The van der Waals surface area contributed by atoms with E-state index in [4.69, 9.17) is 0 Å². The Labute approximate surface area is 87.8 Å². The van der Waals surface area contributed by atoms with Crippen LogP contribution in [0.4, 0.5) is 0 Å². The minimum absolute atomic E-state index is 0.632. The number of hydrogen-bond donors (Lipinski definition) is 0. The van der Waals surface area contributed by atoms with Gasteiger partial charge < -0.3 is 0 Å². The van der Waals surface area contributed by atoms with E-state index in [2.05, 4.69) is 20.8 Å². The molecule has 14 heavy (non-hydrogen) atoms. The fraction of sp³-hybridized carbons (Fsp3) is 0.857. The van der Waals surface area contributed by atoms with Gasteiger partial charge in [-0.1, -0.05) is 38.3 Å². The summed E-state index contributed by atoms with van der Waals surface area (Å²) in [6.07, 6.45) is 8.70. The summed E-state index contributed by atoms with van der Waals surface area (Å²) in [6.45, 7) is 7.36. The highest BCUT2D eigenvalue weighted by molar-refractivity contribution is 5.46. The van der Waals surface area contributed by atoms with Gasteiger partial charge in [0.1, 0.15) is 0 Å². The van der Waals surface area contributed by atoms with Crippen LogP contribution in [0.3, 0.4) is 0 Å². The highest BCUT2D eigenvalue weighted by atomic mass is 14.6. The van der Waals surface area contributed by atoms with E-state index in [1.807, 2.05) is 11.1 Å². The first-order valence-electron chi connectivity index (χ1n) is 6.33. The Morgan fingerprint density at radius 1 is 1.36 bits per heavy atom. The lowest BCUT2D eigenvalue weighted by molar-refractivity contribution is 0.244. The van der Waals surface area contributed by atoms with Crippen molar-refractivity contribution >= 4 is 0 Å². The van der Waals surface area contributed by atoms with Gasteiger partial charge in [-0.25, -0.2) is 0 Å². The first-order chi connectivity index (χ1) is 6.59. The van der Waals surface area contributed by atoms with Gasteiger partial charge in [-0.3, -0.25) is 0 Å². The van der Waals surface area contributed by atoms with Crippen LogP contribution < -0.4 is 0 Å². The molecule has 3 aliphatic rings. The summed E-state index contributed by atoms with van der Waals surface area (Å²) in [5.41, 5.74) is 5.11. The van der Waals surface area contributed by atoms with Gasteiger partial charge in [0, 0.05) is 0 Å². The van der Waals surface area contributed by atoms with Crippen LogP contribution in [-0.2, 0) is 0 Å². The van der Waals surface area contributed by atoms with Crippen molar-refractivity contribution in [2.24, 2.45) is 16.7 Å². The Morgan fingerprint density at radius 2 is 2.14 bits per heavy atom. The average molecular weight is 190 g/mol. The predicted molar refractivity (Wildman–Crippen MR) is 60.1 cm³/mol. The number of allylic oxidation sites excluding steroid dienone is 2. The molecule has 78 valence electrons. The fourth-order valence-corrected chi connectivity index (χ4v) is 4.65. The summed E-state index contributed by atoms with van der Waals surface area (Å²) in [5, 5.41) is 0. The topological polar surface area (TPSA) is 0 Å². The summed E-state index contributed by atoms with van der Waals surface area (Å²) in [7, 11) is 0. The second-order valence-electron chi connectivity index (χ2n) is 6.38. The van der Waals surface area contributed by atoms with Gasteiger partial charge in [-0.2, -0.15) is 0 Å². The lowest BCUT2D eigenvalue weighted by atomic mass is 9.56. The zero-order valence-corrected chi connectivity index (χ0v) is 9.82. The molecule has 0 heteroatoms. The third-order valence-electron chi connectivity index (χ3n) is 5.22. The van der Waals surface area contributed by atoms with E-state index in [-0.39, 0.29) is 0 Å². The molecule has 0 nitrogen and oxygen atoms in total. The lowest BCUT2D eigenvalue weighted by Crippen LogP contribution is -2.36. The van der Waals surface area contributed by atoms with Crippen LogP contribution in [-0.4, -0.2) is 0 Å². The summed E-state index contributed by atoms with van der Waals surface area (Å²) >= 11 is 0. The monoisotopic (exact) mass is 190 g/mol. The van der Waals surface area contributed by atoms with Crippen LogP contribution in [0.2, 0.25) is 0 Å². The van der Waals surface area contributed by atoms with Crippen molar-refractivity contribution < 1.29 is 0 Å². The molecule has 0 heterocycles. The maximum absolute atomic E-state index is 2.51. The molecule has 3 unspecified atom stereocenters. The van der Waals surface area contributed by atoms with E-state index in [0.717, 1.165) is 5.92 Å². The molecule has 3 atom stereocenters. The molecule has 1 fully saturated rings. The highest BCUT2D eigenvalue weighted by Crippen LogP contribution is 2.70. The smallest absolute Gasteiger partial charge is 0.00734 e. The number of rotatable bonds is 2. The van der Waals surface area contributed by atoms with E-state index < -0.39 is 0 Å². The Morgan fingerprint density at radius 3 is 2.79 bits per heavy atom. The Hall–Kier alpha value is -0.260. The van der Waals surface area contributed by atoms with E-state index in [1.165, 1.54) is 38.5 Å². The van der Waals surface area contributed by atoms with Gasteiger partial charge in [0.15, 0.2) is 0 Å². The first kappa shape index (κ1) is 9.00. The lowest BCUT2D eigenvalue weighted by Gasteiger charge is -2.48. The Kier molecular flexibility index (Phi) is 1.58. The fourth-order valence-electron chi connectivity index (χ4n) is 4.65. The molecule has 0 aromatic carbocycles. The van der Waals surface area contributed by atoms with Crippen molar-refractivity contribution in [3.8, 4) is 0 Å². The molecule has 0 aromatic rings. The summed E-state index contributed by atoms with van der Waals surface area (Å²) in [4.78, 5) is 0.